The van der Waals surface area contributed by atoms with E-state index < -0.39 is 0 Å². The molecule has 2 unspecified atom stereocenters. The van der Waals surface area contributed by atoms with E-state index in [-0.39, 0.29) is 0 Å². The summed E-state index contributed by atoms with van der Waals surface area (Å²) >= 11 is 3.58. The van der Waals surface area contributed by atoms with Crippen molar-refractivity contribution in [2.45, 2.75) is 62.6 Å². The molecule has 0 spiro atoms. The molecule has 3 heteroatoms. The highest BCUT2D eigenvalue weighted by Gasteiger charge is 2.35. The number of halogens is 1. The molecule has 3 fully saturated rings. The molecule has 4 rings (SSSR count). The van der Waals surface area contributed by atoms with Crippen LogP contribution in [0.25, 0.3) is 0 Å². The molecule has 3 aliphatic rings. The van der Waals surface area contributed by atoms with Crippen molar-refractivity contribution in [2.75, 3.05) is 13.1 Å². The van der Waals surface area contributed by atoms with Gasteiger partial charge in [-0.15, -0.1) is 0 Å². The van der Waals surface area contributed by atoms with Gasteiger partial charge < -0.3 is 10.2 Å². The Labute approximate surface area is 136 Å². The highest BCUT2D eigenvalue weighted by molar-refractivity contribution is 9.10. The van der Waals surface area contributed by atoms with Gasteiger partial charge in [0.1, 0.15) is 0 Å². The Hall–Kier alpha value is -0.380. The highest BCUT2D eigenvalue weighted by Crippen LogP contribution is 2.38. The van der Waals surface area contributed by atoms with Gasteiger partial charge in [-0.25, -0.2) is 0 Å². The summed E-state index contributed by atoms with van der Waals surface area (Å²) in [5.74, 6) is 0.770. The van der Waals surface area contributed by atoms with Crippen molar-refractivity contribution in [2.24, 2.45) is 0 Å². The van der Waals surface area contributed by atoms with E-state index in [1.807, 2.05) is 0 Å². The van der Waals surface area contributed by atoms with Crippen molar-refractivity contribution in [3.8, 4) is 0 Å². The Bertz CT molecular complexity index is 498. The fraction of sp³-hybridized carbons (Fsp3) is 0.667. The van der Waals surface area contributed by atoms with E-state index in [2.05, 4.69) is 50.4 Å². The van der Waals surface area contributed by atoms with Gasteiger partial charge in [-0.2, -0.15) is 0 Å². The summed E-state index contributed by atoms with van der Waals surface area (Å²) in [6, 6.07) is 11.3. The third kappa shape index (κ3) is 3.06. The molecule has 1 aromatic carbocycles. The molecule has 2 atom stereocenters. The van der Waals surface area contributed by atoms with Crippen molar-refractivity contribution in [3.63, 3.8) is 0 Å². The maximum absolute atomic E-state index is 3.94. The van der Waals surface area contributed by atoms with E-state index in [0.717, 1.165) is 24.0 Å². The van der Waals surface area contributed by atoms with Crippen LogP contribution in [0.15, 0.2) is 28.7 Å². The summed E-state index contributed by atoms with van der Waals surface area (Å²) in [4.78, 5) is 2.71. The fourth-order valence-electron chi connectivity index (χ4n) is 4.50. The van der Waals surface area contributed by atoms with Crippen LogP contribution in [0.3, 0.4) is 0 Å². The summed E-state index contributed by atoms with van der Waals surface area (Å²) in [7, 11) is 0. The van der Waals surface area contributed by atoms with Crippen molar-refractivity contribution in [1.82, 2.24) is 10.2 Å². The lowest BCUT2D eigenvalue weighted by molar-refractivity contribution is 0.146. The Balaban J connectivity index is 1.27. The summed E-state index contributed by atoms with van der Waals surface area (Å²) in [6.07, 6.45) is 8.24. The van der Waals surface area contributed by atoms with Crippen molar-refractivity contribution >= 4 is 15.9 Å². The number of nitrogens with zero attached hydrogens (tertiary/aromatic N) is 1. The van der Waals surface area contributed by atoms with Crippen LogP contribution < -0.4 is 5.32 Å². The predicted octanol–water partition coefficient (Wildman–Crippen LogP) is 3.91. The maximum atomic E-state index is 3.94. The zero-order valence-corrected chi connectivity index (χ0v) is 14.2. The van der Waals surface area contributed by atoms with E-state index in [0.29, 0.717) is 0 Å². The Morgan fingerprint density at radius 3 is 2.81 bits per heavy atom. The molecular formula is C18H25BrN2. The Morgan fingerprint density at radius 2 is 1.95 bits per heavy atom. The molecule has 1 N–H and O–H groups in total. The van der Waals surface area contributed by atoms with E-state index in [1.54, 1.807) is 0 Å². The molecule has 2 aliphatic heterocycles. The molecule has 1 aromatic rings. The van der Waals surface area contributed by atoms with Crippen LogP contribution in [-0.4, -0.2) is 36.1 Å². The van der Waals surface area contributed by atoms with Gasteiger partial charge in [0, 0.05) is 22.6 Å². The second-order valence-corrected chi connectivity index (χ2v) is 8.06. The maximum Gasteiger partial charge on any atom is 0.0178 e. The molecule has 1 saturated carbocycles. The summed E-state index contributed by atoms with van der Waals surface area (Å²) in [5.41, 5.74) is 1.51. The summed E-state index contributed by atoms with van der Waals surface area (Å²) in [5, 5.41) is 3.94. The predicted molar refractivity (Wildman–Crippen MR) is 90.7 cm³/mol. The normalized spacial score (nSPS) is 36.2. The van der Waals surface area contributed by atoms with Crippen LogP contribution in [-0.2, 0) is 0 Å². The number of benzene rings is 1. The SMILES string of the molecule is Brc1cccc(C2CC(NC3CCN4CCCC4C3)C2)c1. The minimum atomic E-state index is 0.756. The first-order valence-corrected chi connectivity index (χ1v) is 9.33. The first-order chi connectivity index (χ1) is 10.3. The average molecular weight is 349 g/mol. The third-order valence-electron chi connectivity index (χ3n) is 5.75. The standard InChI is InChI=1S/C18H25BrN2/c19-15-4-1-3-13(9-15)14-10-17(11-14)20-16-6-8-21-7-2-5-18(21)12-16/h1,3-4,9,14,16-18,20H,2,5-8,10-12H2. The second kappa shape index (κ2) is 6.02. The minimum absolute atomic E-state index is 0.756. The molecule has 1 aliphatic carbocycles. The molecule has 0 aromatic heterocycles. The smallest absolute Gasteiger partial charge is 0.0178 e. The first kappa shape index (κ1) is 14.2. The number of hydrogen-bond acceptors (Lipinski definition) is 2. The molecule has 0 bridgehead atoms. The largest absolute Gasteiger partial charge is 0.311 e. The average Bonchev–Trinajstić information content (AvgIpc) is 2.89. The van der Waals surface area contributed by atoms with Crippen molar-refractivity contribution in [1.29, 1.82) is 0 Å². The molecule has 2 nitrogen and oxygen atoms in total. The zero-order valence-electron chi connectivity index (χ0n) is 12.6. The van der Waals surface area contributed by atoms with Gasteiger partial charge >= 0.3 is 0 Å². The molecular weight excluding hydrogens is 324 g/mol. The van der Waals surface area contributed by atoms with Crippen LogP contribution in [0.1, 0.15) is 50.0 Å². The van der Waals surface area contributed by atoms with Crippen LogP contribution in [0.2, 0.25) is 0 Å². The van der Waals surface area contributed by atoms with Crippen molar-refractivity contribution < 1.29 is 0 Å². The minimum Gasteiger partial charge on any atom is -0.311 e. The number of fused-ring (bicyclic) bond motifs is 1. The van der Waals surface area contributed by atoms with Crippen LogP contribution in [0.5, 0.6) is 0 Å². The number of hydrogen-bond donors (Lipinski definition) is 1. The lowest BCUT2D eigenvalue weighted by Crippen LogP contribution is -2.51. The summed E-state index contributed by atoms with van der Waals surface area (Å²) < 4.78 is 1.21. The van der Waals surface area contributed by atoms with Gasteiger partial charge in [-0.3, -0.25) is 0 Å². The van der Waals surface area contributed by atoms with Crippen molar-refractivity contribution in [3.05, 3.63) is 34.3 Å². The molecule has 21 heavy (non-hydrogen) atoms. The topological polar surface area (TPSA) is 15.3 Å². The van der Waals surface area contributed by atoms with Gasteiger partial charge in [-0.05, 0) is 75.2 Å². The molecule has 2 saturated heterocycles. The lowest BCUT2D eigenvalue weighted by atomic mass is 9.75. The van der Waals surface area contributed by atoms with Crippen LogP contribution in [0, 0.1) is 0 Å². The first-order valence-electron chi connectivity index (χ1n) is 8.53. The van der Waals surface area contributed by atoms with Gasteiger partial charge in [0.15, 0.2) is 0 Å². The highest BCUT2D eigenvalue weighted by atomic mass is 79.9. The van der Waals surface area contributed by atoms with Gasteiger partial charge in [-0.1, -0.05) is 28.1 Å². The number of piperidine rings is 1. The molecule has 0 radical (unpaired) electrons. The molecule has 2 heterocycles. The monoisotopic (exact) mass is 348 g/mol. The van der Waals surface area contributed by atoms with E-state index >= 15 is 0 Å². The van der Waals surface area contributed by atoms with E-state index in [1.165, 1.54) is 61.7 Å². The quantitative estimate of drug-likeness (QED) is 0.890. The van der Waals surface area contributed by atoms with E-state index in [4.69, 9.17) is 0 Å². The number of rotatable bonds is 3. The fourth-order valence-corrected chi connectivity index (χ4v) is 4.91. The number of nitrogens with one attached hydrogen (secondary N) is 1. The van der Waals surface area contributed by atoms with Gasteiger partial charge in [0.05, 0.1) is 0 Å². The Morgan fingerprint density at radius 1 is 1.05 bits per heavy atom. The summed E-state index contributed by atoms with van der Waals surface area (Å²) in [6.45, 7) is 2.68. The zero-order chi connectivity index (χ0) is 14.2. The lowest BCUT2D eigenvalue weighted by Gasteiger charge is -2.42. The van der Waals surface area contributed by atoms with Crippen LogP contribution in [0.4, 0.5) is 0 Å². The van der Waals surface area contributed by atoms with E-state index in [9.17, 15) is 0 Å². The van der Waals surface area contributed by atoms with Crippen LogP contribution >= 0.6 is 15.9 Å². The molecule has 0 amide bonds. The second-order valence-electron chi connectivity index (χ2n) is 7.14. The molecule has 114 valence electrons. The van der Waals surface area contributed by atoms with Gasteiger partial charge in [0.2, 0.25) is 0 Å². The Kier molecular flexibility index (Phi) is 4.08. The van der Waals surface area contributed by atoms with Gasteiger partial charge in [0.25, 0.3) is 0 Å². The third-order valence-corrected chi connectivity index (χ3v) is 6.24.